The summed E-state index contributed by atoms with van der Waals surface area (Å²) in [4.78, 5) is 11.2. The SMILES string of the molecule is CC(=O)Nc1ccccc1CNC1CC(C)CC(C)C1. The van der Waals surface area contributed by atoms with Crippen LogP contribution in [0, 0.1) is 11.8 Å². The highest BCUT2D eigenvalue weighted by atomic mass is 16.1. The van der Waals surface area contributed by atoms with E-state index in [1.807, 2.05) is 18.2 Å². The zero-order valence-corrected chi connectivity index (χ0v) is 12.8. The number of amides is 1. The second kappa shape index (κ2) is 6.89. The van der Waals surface area contributed by atoms with Crippen LogP contribution >= 0.6 is 0 Å². The highest BCUT2D eigenvalue weighted by Crippen LogP contribution is 2.28. The molecule has 3 nitrogen and oxygen atoms in total. The summed E-state index contributed by atoms with van der Waals surface area (Å²) in [6, 6.07) is 8.62. The van der Waals surface area contributed by atoms with Crippen LogP contribution in [0.3, 0.4) is 0 Å². The fraction of sp³-hybridized carbons (Fsp3) is 0.588. The standard InChI is InChI=1S/C17H26N2O/c1-12-8-13(2)10-16(9-12)18-11-15-6-4-5-7-17(15)19-14(3)20/h4-7,12-13,16,18H,8-11H2,1-3H3,(H,19,20). The Hall–Kier alpha value is -1.35. The lowest BCUT2D eigenvalue weighted by Crippen LogP contribution is -2.36. The number of carbonyl (C=O) groups is 1. The van der Waals surface area contributed by atoms with E-state index in [4.69, 9.17) is 0 Å². The largest absolute Gasteiger partial charge is 0.326 e. The first-order chi connectivity index (χ1) is 9.54. The third-order valence-corrected chi connectivity index (χ3v) is 4.09. The van der Waals surface area contributed by atoms with E-state index in [1.54, 1.807) is 6.92 Å². The van der Waals surface area contributed by atoms with Gasteiger partial charge in [0.15, 0.2) is 0 Å². The van der Waals surface area contributed by atoms with Gasteiger partial charge in [0.25, 0.3) is 0 Å². The van der Waals surface area contributed by atoms with Crippen molar-refractivity contribution in [2.24, 2.45) is 11.8 Å². The average molecular weight is 274 g/mol. The zero-order valence-electron chi connectivity index (χ0n) is 12.8. The van der Waals surface area contributed by atoms with E-state index in [0.717, 1.165) is 29.6 Å². The third-order valence-electron chi connectivity index (χ3n) is 4.09. The van der Waals surface area contributed by atoms with Crippen LogP contribution in [0.15, 0.2) is 24.3 Å². The van der Waals surface area contributed by atoms with Crippen LogP contribution in [-0.4, -0.2) is 11.9 Å². The Labute approximate surface area is 122 Å². The van der Waals surface area contributed by atoms with Crippen molar-refractivity contribution in [3.8, 4) is 0 Å². The molecule has 1 amide bonds. The average Bonchev–Trinajstić information content (AvgIpc) is 2.36. The van der Waals surface area contributed by atoms with Crippen LogP contribution in [0.1, 0.15) is 45.6 Å². The summed E-state index contributed by atoms with van der Waals surface area (Å²) in [5.41, 5.74) is 2.08. The van der Waals surface area contributed by atoms with Crippen molar-refractivity contribution in [3.05, 3.63) is 29.8 Å². The Balaban J connectivity index is 1.95. The number of rotatable bonds is 4. The molecule has 2 rings (SSSR count). The Morgan fingerprint density at radius 1 is 1.15 bits per heavy atom. The van der Waals surface area contributed by atoms with Gasteiger partial charge in [-0.25, -0.2) is 0 Å². The molecule has 0 saturated heterocycles. The molecular formula is C17H26N2O. The van der Waals surface area contributed by atoms with Gasteiger partial charge in [0.05, 0.1) is 0 Å². The Bertz CT molecular complexity index is 448. The molecule has 0 aromatic heterocycles. The smallest absolute Gasteiger partial charge is 0.221 e. The molecule has 2 atom stereocenters. The molecule has 1 aliphatic rings. The molecule has 3 heteroatoms. The zero-order chi connectivity index (χ0) is 14.5. The minimum atomic E-state index is -0.0163. The van der Waals surface area contributed by atoms with Gasteiger partial charge in [-0.15, -0.1) is 0 Å². The fourth-order valence-electron chi connectivity index (χ4n) is 3.35. The molecule has 1 aromatic rings. The van der Waals surface area contributed by atoms with Crippen molar-refractivity contribution in [2.45, 2.75) is 52.6 Å². The Morgan fingerprint density at radius 3 is 2.45 bits per heavy atom. The number of carbonyl (C=O) groups excluding carboxylic acids is 1. The van der Waals surface area contributed by atoms with E-state index < -0.39 is 0 Å². The minimum Gasteiger partial charge on any atom is -0.326 e. The van der Waals surface area contributed by atoms with E-state index >= 15 is 0 Å². The molecule has 0 heterocycles. The van der Waals surface area contributed by atoms with Gasteiger partial charge < -0.3 is 10.6 Å². The molecule has 0 aliphatic heterocycles. The van der Waals surface area contributed by atoms with Crippen molar-refractivity contribution >= 4 is 11.6 Å². The lowest BCUT2D eigenvalue weighted by Gasteiger charge is -2.32. The first-order valence-electron chi connectivity index (χ1n) is 7.63. The van der Waals surface area contributed by atoms with Crippen LogP contribution in [0.25, 0.3) is 0 Å². The normalized spacial score (nSPS) is 26.2. The molecule has 0 radical (unpaired) electrons. The molecule has 1 aromatic carbocycles. The number of nitrogens with one attached hydrogen (secondary N) is 2. The summed E-state index contributed by atoms with van der Waals surface area (Å²) in [7, 11) is 0. The third kappa shape index (κ3) is 4.34. The van der Waals surface area contributed by atoms with Gasteiger partial charge in [0.2, 0.25) is 5.91 Å². The van der Waals surface area contributed by atoms with Crippen molar-refractivity contribution in [3.63, 3.8) is 0 Å². The van der Waals surface area contributed by atoms with Gasteiger partial charge in [-0.2, -0.15) is 0 Å². The van der Waals surface area contributed by atoms with E-state index in [0.29, 0.717) is 6.04 Å². The van der Waals surface area contributed by atoms with E-state index in [1.165, 1.54) is 19.3 Å². The highest BCUT2D eigenvalue weighted by molar-refractivity contribution is 5.89. The minimum absolute atomic E-state index is 0.0163. The predicted molar refractivity (Wildman–Crippen MR) is 83.6 cm³/mol. The van der Waals surface area contributed by atoms with Crippen LogP contribution in [0.5, 0.6) is 0 Å². The number of benzene rings is 1. The van der Waals surface area contributed by atoms with E-state index in [2.05, 4.69) is 30.5 Å². The fourth-order valence-corrected chi connectivity index (χ4v) is 3.35. The van der Waals surface area contributed by atoms with Gasteiger partial charge in [-0.05, 0) is 42.7 Å². The number of para-hydroxylation sites is 1. The van der Waals surface area contributed by atoms with Gasteiger partial charge in [-0.3, -0.25) is 4.79 Å². The Morgan fingerprint density at radius 2 is 1.80 bits per heavy atom. The molecule has 2 N–H and O–H groups in total. The molecule has 0 bridgehead atoms. The van der Waals surface area contributed by atoms with Crippen molar-refractivity contribution in [2.75, 3.05) is 5.32 Å². The quantitative estimate of drug-likeness (QED) is 0.881. The van der Waals surface area contributed by atoms with Crippen LogP contribution in [0.2, 0.25) is 0 Å². The summed E-state index contributed by atoms with van der Waals surface area (Å²) in [5, 5.41) is 6.56. The highest BCUT2D eigenvalue weighted by Gasteiger charge is 2.23. The lowest BCUT2D eigenvalue weighted by atomic mass is 9.80. The summed E-state index contributed by atoms with van der Waals surface area (Å²) >= 11 is 0. The topological polar surface area (TPSA) is 41.1 Å². The van der Waals surface area contributed by atoms with Gasteiger partial charge in [0.1, 0.15) is 0 Å². The van der Waals surface area contributed by atoms with Crippen LogP contribution in [-0.2, 0) is 11.3 Å². The van der Waals surface area contributed by atoms with Crippen molar-refractivity contribution in [1.82, 2.24) is 5.32 Å². The molecule has 1 fully saturated rings. The summed E-state index contributed by atoms with van der Waals surface area (Å²) in [6.45, 7) is 7.06. The monoisotopic (exact) mass is 274 g/mol. The first kappa shape index (κ1) is 15.0. The van der Waals surface area contributed by atoms with E-state index in [-0.39, 0.29) is 5.91 Å². The Kier molecular flexibility index (Phi) is 5.18. The number of hydrogen-bond acceptors (Lipinski definition) is 2. The second-order valence-electron chi connectivity index (χ2n) is 6.33. The molecule has 1 saturated carbocycles. The molecule has 20 heavy (non-hydrogen) atoms. The molecular weight excluding hydrogens is 248 g/mol. The van der Waals surface area contributed by atoms with E-state index in [9.17, 15) is 4.79 Å². The maximum atomic E-state index is 11.2. The van der Waals surface area contributed by atoms with Crippen LogP contribution < -0.4 is 10.6 Å². The van der Waals surface area contributed by atoms with Crippen molar-refractivity contribution < 1.29 is 4.79 Å². The number of hydrogen-bond donors (Lipinski definition) is 2. The first-order valence-corrected chi connectivity index (χ1v) is 7.63. The predicted octanol–water partition coefficient (Wildman–Crippen LogP) is 3.56. The summed E-state index contributed by atoms with van der Waals surface area (Å²) in [6.07, 6.45) is 3.86. The van der Waals surface area contributed by atoms with Gasteiger partial charge in [0, 0.05) is 25.2 Å². The van der Waals surface area contributed by atoms with Gasteiger partial charge >= 0.3 is 0 Å². The second-order valence-corrected chi connectivity index (χ2v) is 6.33. The summed E-state index contributed by atoms with van der Waals surface area (Å²) in [5.74, 6) is 1.60. The van der Waals surface area contributed by atoms with Gasteiger partial charge in [-0.1, -0.05) is 32.0 Å². The molecule has 110 valence electrons. The molecule has 2 unspecified atom stereocenters. The summed E-state index contributed by atoms with van der Waals surface area (Å²) < 4.78 is 0. The number of anilines is 1. The van der Waals surface area contributed by atoms with Crippen molar-refractivity contribution in [1.29, 1.82) is 0 Å². The maximum Gasteiger partial charge on any atom is 0.221 e. The van der Waals surface area contributed by atoms with Crippen LogP contribution in [0.4, 0.5) is 5.69 Å². The lowest BCUT2D eigenvalue weighted by molar-refractivity contribution is -0.114. The maximum absolute atomic E-state index is 11.2. The molecule has 1 aliphatic carbocycles. The molecule has 0 spiro atoms.